The Bertz CT molecular complexity index is 820. The Labute approximate surface area is 160 Å². The van der Waals surface area contributed by atoms with Crippen molar-refractivity contribution >= 4 is 11.8 Å². The maximum absolute atomic E-state index is 15.3. The standard InChI is InChI=1S/C23H27FO3/c1-6-16(14-19(25)27-23(3,4)5)18-13-12-15(2)20(21(18)24)22(26)17-10-8-7-9-11-17/h7-13,16H,6,14H2,1-5H3/t16-/m0/s1. The Morgan fingerprint density at radius 3 is 2.26 bits per heavy atom. The van der Waals surface area contributed by atoms with Crippen LogP contribution >= 0.6 is 0 Å². The molecule has 0 saturated heterocycles. The van der Waals surface area contributed by atoms with Crippen LogP contribution in [0.4, 0.5) is 4.39 Å². The predicted octanol–water partition coefficient (Wildman–Crippen LogP) is 5.59. The molecule has 27 heavy (non-hydrogen) atoms. The van der Waals surface area contributed by atoms with Gasteiger partial charge in [-0.2, -0.15) is 0 Å². The molecule has 0 unspecified atom stereocenters. The van der Waals surface area contributed by atoms with Crippen molar-refractivity contribution in [3.63, 3.8) is 0 Å². The molecule has 3 nitrogen and oxygen atoms in total. The lowest BCUT2D eigenvalue weighted by atomic mass is 9.88. The van der Waals surface area contributed by atoms with Gasteiger partial charge in [-0.15, -0.1) is 0 Å². The van der Waals surface area contributed by atoms with Crippen molar-refractivity contribution in [2.24, 2.45) is 0 Å². The van der Waals surface area contributed by atoms with Gasteiger partial charge in [0.15, 0.2) is 5.78 Å². The first-order valence-corrected chi connectivity index (χ1v) is 9.24. The number of ketones is 1. The number of benzene rings is 2. The van der Waals surface area contributed by atoms with Gasteiger partial charge in [-0.25, -0.2) is 4.39 Å². The molecule has 0 aliphatic heterocycles. The SMILES string of the molecule is CC[C@@H](CC(=O)OC(C)(C)C)c1ccc(C)c(C(=O)c2ccccc2)c1F. The van der Waals surface area contributed by atoms with Gasteiger partial charge in [-0.1, -0.05) is 49.4 Å². The zero-order valence-electron chi connectivity index (χ0n) is 16.6. The molecule has 1 atom stereocenters. The Morgan fingerprint density at radius 2 is 1.70 bits per heavy atom. The van der Waals surface area contributed by atoms with Crippen molar-refractivity contribution in [1.82, 2.24) is 0 Å². The molecule has 0 heterocycles. The first-order valence-electron chi connectivity index (χ1n) is 9.24. The number of hydrogen-bond donors (Lipinski definition) is 0. The molecule has 0 aliphatic carbocycles. The summed E-state index contributed by atoms with van der Waals surface area (Å²) in [4.78, 5) is 25.0. The Kier molecular flexibility index (Phi) is 6.53. The van der Waals surface area contributed by atoms with Crippen LogP contribution in [0.25, 0.3) is 0 Å². The highest BCUT2D eigenvalue weighted by atomic mass is 19.1. The van der Waals surface area contributed by atoms with Gasteiger partial charge >= 0.3 is 5.97 Å². The molecule has 2 aromatic carbocycles. The summed E-state index contributed by atoms with van der Waals surface area (Å²) in [5, 5.41) is 0. The molecule has 2 rings (SSSR count). The third-order valence-corrected chi connectivity index (χ3v) is 4.41. The third kappa shape index (κ3) is 5.25. The fourth-order valence-corrected chi connectivity index (χ4v) is 3.08. The van der Waals surface area contributed by atoms with Crippen LogP contribution in [-0.4, -0.2) is 17.4 Å². The summed E-state index contributed by atoms with van der Waals surface area (Å²) < 4.78 is 20.7. The number of halogens is 1. The van der Waals surface area contributed by atoms with E-state index in [1.54, 1.807) is 64.1 Å². The third-order valence-electron chi connectivity index (χ3n) is 4.41. The zero-order chi connectivity index (χ0) is 20.2. The minimum absolute atomic E-state index is 0.0707. The summed E-state index contributed by atoms with van der Waals surface area (Å²) in [6.45, 7) is 9.02. The normalized spacial score (nSPS) is 12.5. The van der Waals surface area contributed by atoms with Gasteiger partial charge in [0, 0.05) is 5.56 Å². The second-order valence-electron chi connectivity index (χ2n) is 7.75. The van der Waals surface area contributed by atoms with Crippen molar-refractivity contribution in [2.75, 3.05) is 0 Å². The number of rotatable bonds is 6. The molecule has 0 fully saturated rings. The van der Waals surface area contributed by atoms with Crippen LogP contribution in [0.5, 0.6) is 0 Å². The molecular weight excluding hydrogens is 343 g/mol. The van der Waals surface area contributed by atoms with Gasteiger partial charge in [0.1, 0.15) is 11.4 Å². The number of ether oxygens (including phenoxy) is 1. The molecule has 4 heteroatoms. The second kappa shape index (κ2) is 8.47. The molecule has 0 aromatic heterocycles. The van der Waals surface area contributed by atoms with Gasteiger partial charge in [0.05, 0.1) is 12.0 Å². The molecule has 0 aliphatic rings. The summed E-state index contributed by atoms with van der Waals surface area (Å²) >= 11 is 0. The smallest absolute Gasteiger partial charge is 0.306 e. The molecule has 0 bridgehead atoms. The fraction of sp³-hybridized carbons (Fsp3) is 0.391. The van der Waals surface area contributed by atoms with Crippen molar-refractivity contribution in [3.05, 3.63) is 70.5 Å². The number of hydrogen-bond acceptors (Lipinski definition) is 3. The molecular formula is C23H27FO3. The summed E-state index contributed by atoms with van der Waals surface area (Å²) in [6, 6.07) is 12.1. The van der Waals surface area contributed by atoms with Gasteiger partial charge in [0.25, 0.3) is 0 Å². The molecule has 0 N–H and O–H groups in total. The van der Waals surface area contributed by atoms with Crippen LogP contribution in [0.2, 0.25) is 0 Å². The summed E-state index contributed by atoms with van der Waals surface area (Å²) in [5.41, 5.74) is 0.888. The van der Waals surface area contributed by atoms with E-state index in [2.05, 4.69) is 0 Å². The number of carbonyl (C=O) groups is 2. The van der Waals surface area contributed by atoms with E-state index in [9.17, 15) is 9.59 Å². The lowest BCUT2D eigenvalue weighted by Crippen LogP contribution is -2.25. The second-order valence-corrected chi connectivity index (χ2v) is 7.75. The maximum Gasteiger partial charge on any atom is 0.306 e. The van der Waals surface area contributed by atoms with E-state index in [4.69, 9.17) is 4.74 Å². The minimum atomic E-state index is -0.588. The van der Waals surface area contributed by atoms with Gasteiger partial charge in [-0.3, -0.25) is 9.59 Å². The highest BCUT2D eigenvalue weighted by Crippen LogP contribution is 2.31. The lowest BCUT2D eigenvalue weighted by Gasteiger charge is -2.23. The highest BCUT2D eigenvalue weighted by Gasteiger charge is 2.26. The van der Waals surface area contributed by atoms with Crippen molar-refractivity contribution in [3.8, 4) is 0 Å². The average Bonchev–Trinajstić information content (AvgIpc) is 2.59. The quantitative estimate of drug-likeness (QED) is 0.492. The van der Waals surface area contributed by atoms with Crippen molar-refractivity contribution < 1.29 is 18.7 Å². The number of esters is 1. The fourth-order valence-electron chi connectivity index (χ4n) is 3.08. The summed E-state index contributed by atoms with van der Waals surface area (Å²) in [5.74, 6) is -1.60. The largest absolute Gasteiger partial charge is 0.460 e. The van der Waals surface area contributed by atoms with Crippen molar-refractivity contribution in [2.45, 2.75) is 59.0 Å². The first-order chi connectivity index (χ1) is 12.6. The summed E-state index contributed by atoms with van der Waals surface area (Å²) in [6.07, 6.45) is 0.644. The van der Waals surface area contributed by atoms with Crippen LogP contribution in [0.3, 0.4) is 0 Å². The van der Waals surface area contributed by atoms with E-state index in [0.717, 1.165) is 0 Å². The van der Waals surface area contributed by atoms with Crippen molar-refractivity contribution in [1.29, 1.82) is 0 Å². The van der Waals surface area contributed by atoms with E-state index in [1.165, 1.54) is 0 Å². The molecule has 144 valence electrons. The zero-order valence-corrected chi connectivity index (χ0v) is 16.6. The molecule has 0 radical (unpaired) electrons. The van der Waals surface area contributed by atoms with E-state index in [1.807, 2.05) is 13.0 Å². The Hall–Kier alpha value is -2.49. The average molecular weight is 370 g/mol. The summed E-state index contributed by atoms with van der Waals surface area (Å²) in [7, 11) is 0. The monoisotopic (exact) mass is 370 g/mol. The molecule has 0 spiro atoms. The van der Waals surface area contributed by atoms with E-state index in [0.29, 0.717) is 23.1 Å². The van der Waals surface area contributed by atoms with Crippen LogP contribution in [0.15, 0.2) is 42.5 Å². The van der Waals surface area contributed by atoms with Crippen LogP contribution in [0, 0.1) is 12.7 Å². The first kappa shape index (κ1) is 20.8. The Balaban J connectivity index is 2.37. The molecule has 0 amide bonds. The minimum Gasteiger partial charge on any atom is -0.460 e. The van der Waals surface area contributed by atoms with E-state index in [-0.39, 0.29) is 29.7 Å². The van der Waals surface area contributed by atoms with Crippen LogP contribution in [-0.2, 0) is 9.53 Å². The van der Waals surface area contributed by atoms with Gasteiger partial charge in [0.2, 0.25) is 0 Å². The lowest BCUT2D eigenvalue weighted by molar-refractivity contribution is -0.155. The van der Waals surface area contributed by atoms with Crippen LogP contribution in [0.1, 0.15) is 73.5 Å². The topological polar surface area (TPSA) is 43.4 Å². The maximum atomic E-state index is 15.3. The van der Waals surface area contributed by atoms with Gasteiger partial charge < -0.3 is 4.74 Å². The number of carbonyl (C=O) groups excluding carboxylic acids is 2. The Morgan fingerprint density at radius 1 is 1.07 bits per heavy atom. The van der Waals surface area contributed by atoms with Crippen LogP contribution < -0.4 is 0 Å². The van der Waals surface area contributed by atoms with E-state index >= 15 is 4.39 Å². The molecule has 2 aromatic rings. The van der Waals surface area contributed by atoms with E-state index < -0.39 is 11.4 Å². The number of aryl methyl sites for hydroxylation is 1. The van der Waals surface area contributed by atoms with Gasteiger partial charge in [-0.05, 0) is 51.2 Å². The highest BCUT2D eigenvalue weighted by molar-refractivity contribution is 6.10. The molecule has 0 saturated carbocycles. The predicted molar refractivity (Wildman–Crippen MR) is 105 cm³/mol.